The number of carbonyl (C=O) groups excluding carboxylic acids is 2. The number of amides is 2. The van der Waals surface area contributed by atoms with E-state index in [2.05, 4.69) is 4.90 Å². The number of carbonyl (C=O) groups is 2. The predicted octanol–water partition coefficient (Wildman–Crippen LogP) is 4.87. The Morgan fingerprint density at radius 1 is 0.978 bits per heavy atom. The van der Waals surface area contributed by atoms with Gasteiger partial charge in [-0.2, -0.15) is 18.3 Å². The summed E-state index contributed by atoms with van der Waals surface area (Å²) in [5.41, 5.74) is 1.40. The number of rotatable bonds is 10. The predicted molar refractivity (Wildman–Crippen MR) is 161 cm³/mol. The van der Waals surface area contributed by atoms with Gasteiger partial charge in [0, 0.05) is 49.3 Å². The SMILES string of the molecule is COc1cccc(C2=NN(C(=O)CN(CCN3CCOCC3)C(=O)c3ccc(C(F)(F)F)cc3)[C@H](c3ccccc3OC)C2)c1. The van der Waals surface area contributed by atoms with Crippen molar-refractivity contribution >= 4 is 17.5 Å². The summed E-state index contributed by atoms with van der Waals surface area (Å²) in [6.07, 6.45) is -4.14. The number of alkyl halides is 3. The number of hydrazone groups is 1. The molecule has 1 saturated heterocycles. The smallest absolute Gasteiger partial charge is 0.416 e. The Morgan fingerprint density at radius 3 is 2.40 bits per heavy atom. The third-order valence-electron chi connectivity index (χ3n) is 7.93. The molecule has 0 aromatic heterocycles. The Bertz CT molecular complexity index is 1520. The van der Waals surface area contributed by atoms with Crippen LogP contribution in [0.1, 0.15) is 39.5 Å². The van der Waals surface area contributed by atoms with Gasteiger partial charge in [0.1, 0.15) is 18.0 Å². The monoisotopic (exact) mass is 624 g/mol. The Labute approximate surface area is 259 Å². The number of nitrogens with zero attached hydrogens (tertiary/aromatic N) is 4. The van der Waals surface area contributed by atoms with Gasteiger partial charge in [-0.25, -0.2) is 5.01 Å². The number of methoxy groups -OCH3 is 2. The van der Waals surface area contributed by atoms with Gasteiger partial charge in [-0.15, -0.1) is 0 Å². The van der Waals surface area contributed by atoms with Crippen LogP contribution in [0.25, 0.3) is 0 Å². The summed E-state index contributed by atoms with van der Waals surface area (Å²) in [7, 11) is 3.13. The average Bonchev–Trinajstić information content (AvgIpc) is 3.52. The van der Waals surface area contributed by atoms with Crippen molar-refractivity contribution in [3.63, 3.8) is 0 Å². The van der Waals surface area contributed by atoms with Crippen LogP contribution in [-0.2, 0) is 15.7 Å². The average molecular weight is 625 g/mol. The maximum atomic E-state index is 14.1. The molecule has 9 nitrogen and oxygen atoms in total. The quantitative estimate of drug-likeness (QED) is 0.320. The molecule has 2 heterocycles. The molecule has 3 aromatic carbocycles. The van der Waals surface area contributed by atoms with Crippen LogP contribution in [0.3, 0.4) is 0 Å². The molecule has 238 valence electrons. The highest BCUT2D eigenvalue weighted by molar-refractivity contribution is 6.04. The van der Waals surface area contributed by atoms with Crippen LogP contribution in [0.2, 0.25) is 0 Å². The minimum absolute atomic E-state index is 0.0565. The lowest BCUT2D eigenvalue weighted by Gasteiger charge is -2.31. The van der Waals surface area contributed by atoms with Gasteiger partial charge in [-0.05, 0) is 42.5 Å². The fourth-order valence-electron chi connectivity index (χ4n) is 5.46. The highest BCUT2D eigenvalue weighted by Gasteiger charge is 2.36. The minimum Gasteiger partial charge on any atom is -0.497 e. The molecule has 12 heteroatoms. The van der Waals surface area contributed by atoms with Crippen molar-refractivity contribution in [2.24, 2.45) is 5.10 Å². The number of hydrogen-bond donors (Lipinski definition) is 0. The van der Waals surface area contributed by atoms with Gasteiger partial charge in [0.15, 0.2) is 0 Å². The van der Waals surface area contributed by atoms with E-state index in [1.165, 1.54) is 9.91 Å². The van der Waals surface area contributed by atoms with Crippen molar-refractivity contribution in [3.8, 4) is 11.5 Å². The van der Waals surface area contributed by atoms with E-state index in [1.54, 1.807) is 14.2 Å². The zero-order chi connectivity index (χ0) is 32.0. The molecule has 2 aliphatic rings. The highest BCUT2D eigenvalue weighted by Crippen LogP contribution is 2.38. The van der Waals surface area contributed by atoms with Crippen LogP contribution in [0.4, 0.5) is 13.2 Å². The number of para-hydroxylation sites is 1. The minimum atomic E-state index is -4.53. The van der Waals surface area contributed by atoms with Gasteiger partial charge in [0.2, 0.25) is 0 Å². The first kappa shape index (κ1) is 32.0. The van der Waals surface area contributed by atoms with E-state index < -0.39 is 29.6 Å². The van der Waals surface area contributed by atoms with E-state index >= 15 is 0 Å². The second-order valence-corrected chi connectivity index (χ2v) is 10.7. The van der Waals surface area contributed by atoms with Crippen LogP contribution in [0.5, 0.6) is 11.5 Å². The first-order valence-corrected chi connectivity index (χ1v) is 14.6. The lowest BCUT2D eigenvalue weighted by molar-refractivity contribution is -0.137. The lowest BCUT2D eigenvalue weighted by Crippen LogP contribution is -2.46. The second-order valence-electron chi connectivity index (χ2n) is 10.7. The molecule has 3 aromatic rings. The number of halogens is 3. The Hall–Kier alpha value is -4.42. The third kappa shape index (κ3) is 7.63. The van der Waals surface area contributed by atoms with Gasteiger partial charge in [-0.1, -0.05) is 30.3 Å². The molecule has 0 spiro atoms. The van der Waals surface area contributed by atoms with Crippen LogP contribution in [0.15, 0.2) is 77.9 Å². The Morgan fingerprint density at radius 2 is 1.71 bits per heavy atom. The summed E-state index contributed by atoms with van der Waals surface area (Å²) in [4.78, 5) is 31.3. The summed E-state index contributed by atoms with van der Waals surface area (Å²) < 4.78 is 56.0. The van der Waals surface area contributed by atoms with Crippen molar-refractivity contribution in [3.05, 3.63) is 95.1 Å². The molecule has 0 unspecified atom stereocenters. The first-order chi connectivity index (χ1) is 21.7. The fourth-order valence-corrected chi connectivity index (χ4v) is 5.46. The largest absolute Gasteiger partial charge is 0.497 e. The van der Waals surface area contributed by atoms with Gasteiger partial charge in [0.05, 0.1) is 44.8 Å². The van der Waals surface area contributed by atoms with Crippen molar-refractivity contribution in [2.75, 3.05) is 60.2 Å². The van der Waals surface area contributed by atoms with Crippen molar-refractivity contribution in [1.29, 1.82) is 0 Å². The molecule has 5 rings (SSSR count). The maximum Gasteiger partial charge on any atom is 0.416 e. The molecule has 0 bridgehead atoms. The molecule has 0 saturated carbocycles. The second kappa shape index (κ2) is 14.1. The third-order valence-corrected chi connectivity index (χ3v) is 7.93. The first-order valence-electron chi connectivity index (χ1n) is 14.6. The van der Waals surface area contributed by atoms with Gasteiger partial charge >= 0.3 is 6.18 Å². The van der Waals surface area contributed by atoms with Crippen LogP contribution in [0, 0.1) is 0 Å². The zero-order valence-electron chi connectivity index (χ0n) is 25.1. The number of ether oxygens (including phenoxy) is 3. The number of benzene rings is 3. The molecule has 2 amide bonds. The molecule has 0 N–H and O–H groups in total. The summed E-state index contributed by atoms with van der Waals surface area (Å²) in [6.45, 7) is 2.79. The van der Waals surface area contributed by atoms with Gasteiger partial charge in [0.25, 0.3) is 11.8 Å². The summed E-state index contributed by atoms with van der Waals surface area (Å²) >= 11 is 0. The molecule has 1 fully saturated rings. The fraction of sp³-hybridized carbons (Fsp3) is 0.364. The van der Waals surface area contributed by atoms with E-state index in [0.717, 1.165) is 35.4 Å². The van der Waals surface area contributed by atoms with Crippen molar-refractivity contribution < 1.29 is 37.0 Å². The molecular weight excluding hydrogens is 589 g/mol. The van der Waals surface area contributed by atoms with E-state index in [4.69, 9.17) is 19.3 Å². The normalized spacial score (nSPS) is 17.1. The van der Waals surface area contributed by atoms with E-state index in [-0.39, 0.29) is 18.7 Å². The van der Waals surface area contributed by atoms with E-state index in [9.17, 15) is 22.8 Å². The molecule has 0 aliphatic carbocycles. The standard InChI is InChI=1S/C33H35F3N4O5/c1-43-26-7-5-6-24(20-26)28-21-29(27-8-3-4-9-30(27)44-2)40(37-28)31(41)22-39(15-14-38-16-18-45-19-17-38)32(42)23-10-12-25(13-11-23)33(34,35)36/h3-13,20,29H,14-19,21-22H2,1-2H3/t29-/m0/s1. The van der Waals surface area contributed by atoms with E-state index in [0.29, 0.717) is 56.5 Å². The summed E-state index contributed by atoms with van der Waals surface area (Å²) in [5, 5.41) is 6.12. The van der Waals surface area contributed by atoms with Crippen LogP contribution < -0.4 is 9.47 Å². The Kier molecular flexibility index (Phi) is 10.0. The molecule has 2 aliphatic heterocycles. The molecule has 0 radical (unpaired) electrons. The van der Waals surface area contributed by atoms with Crippen LogP contribution >= 0.6 is 0 Å². The van der Waals surface area contributed by atoms with Gasteiger partial charge < -0.3 is 19.1 Å². The van der Waals surface area contributed by atoms with Crippen molar-refractivity contribution in [2.45, 2.75) is 18.6 Å². The maximum absolute atomic E-state index is 14.1. The van der Waals surface area contributed by atoms with Crippen molar-refractivity contribution in [1.82, 2.24) is 14.8 Å². The number of morpholine rings is 1. The van der Waals surface area contributed by atoms with E-state index in [1.807, 2.05) is 48.5 Å². The Balaban J connectivity index is 1.44. The van der Waals surface area contributed by atoms with Crippen LogP contribution in [-0.4, -0.2) is 92.5 Å². The molecular formula is C33H35F3N4O5. The summed E-state index contributed by atoms with van der Waals surface area (Å²) in [5.74, 6) is 0.249. The molecule has 45 heavy (non-hydrogen) atoms. The van der Waals surface area contributed by atoms with Gasteiger partial charge in [-0.3, -0.25) is 14.5 Å². The number of hydrogen-bond acceptors (Lipinski definition) is 7. The highest BCUT2D eigenvalue weighted by atomic mass is 19.4. The lowest BCUT2D eigenvalue weighted by atomic mass is 9.97. The summed E-state index contributed by atoms with van der Waals surface area (Å²) in [6, 6.07) is 18.3. The molecule has 1 atom stereocenters. The topological polar surface area (TPSA) is 83.9 Å². The zero-order valence-corrected chi connectivity index (χ0v) is 25.1.